The van der Waals surface area contributed by atoms with Crippen LogP contribution in [0.3, 0.4) is 0 Å². The van der Waals surface area contributed by atoms with E-state index in [1.54, 1.807) is 0 Å². The van der Waals surface area contributed by atoms with Gasteiger partial charge in [0, 0.05) is 0 Å². The van der Waals surface area contributed by atoms with Crippen LogP contribution >= 0.6 is 11.7 Å². The molecule has 0 saturated heterocycles. The van der Waals surface area contributed by atoms with Gasteiger partial charge in [-0.3, -0.25) is 14.8 Å². The molecule has 0 bridgehead atoms. The zero-order valence-corrected chi connectivity index (χ0v) is 5.94. The third kappa shape index (κ3) is 0.855. The largest absolute Gasteiger partial charge is 0.327 e. The van der Waals surface area contributed by atoms with E-state index in [2.05, 4.69) is 13.7 Å². The molecule has 2 rings (SSSR count). The number of fused-ring (bicyclic) bond motifs is 1. The molecule has 2 N–H and O–H groups in total. The van der Waals surface area contributed by atoms with Crippen molar-refractivity contribution < 1.29 is 0 Å². The Hall–Kier alpha value is -1.50. The highest BCUT2D eigenvalue weighted by Gasteiger charge is 2.02. The van der Waals surface area contributed by atoms with Crippen LogP contribution in [0, 0.1) is 0 Å². The molecule has 0 radical (unpaired) electrons. The number of hydrogen-bond donors (Lipinski definition) is 2. The minimum Gasteiger partial charge on any atom is -0.289 e. The molecule has 0 aliphatic carbocycles. The molecule has 2 aromatic heterocycles. The van der Waals surface area contributed by atoms with E-state index < -0.39 is 11.2 Å². The summed E-state index contributed by atoms with van der Waals surface area (Å²) in [5.41, 5.74) is -0.647. The van der Waals surface area contributed by atoms with E-state index in [-0.39, 0.29) is 11.2 Å². The Morgan fingerprint density at radius 2 is 2.00 bits per heavy atom. The monoisotopic (exact) mass is 170 g/mol. The van der Waals surface area contributed by atoms with Crippen LogP contribution in [-0.2, 0) is 0 Å². The lowest BCUT2D eigenvalue weighted by atomic mass is 10.5. The summed E-state index contributed by atoms with van der Waals surface area (Å²) in [6.07, 6.45) is 0. The first kappa shape index (κ1) is 6.23. The fourth-order valence-corrected chi connectivity index (χ4v) is 1.23. The van der Waals surface area contributed by atoms with Gasteiger partial charge in [-0.15, -0.1) is 0 Å². The maximum atomic E-state index is 10.9. The van der Waals surface area contributed by atoms with Gasteiger partial charge in [0.2, 0.25) is 0 Å². The predicted octanol–water partition coefficient (Wildman–Crippen LogP) is -0.932. The zero-order valence-electron chi connectivity index (χ0n) is 5.12. The van der Waals surface area contributed by atoms with Crippen LogP contribution in [0.1, 0.15) is 0 Å². The third-order valence-corrected chi connectivity index (χ3v) is 1.69. The number of H-pyrrole nitrogens is 2. The van der Waals surface area contributed by atoms with E-state index in [1.807, 2.05) is 4.98 Å². The quantitative estimate of drug-likeness (QED) is 0.534. The normalized spacial score (nSPS) is 10.5. The van der Waals surface area contributed by atoms with Gasteiger partial charge < -0.3 is 0 Å². The summed E-state index contributed by atoms with van der Waals surface area (Å²) in [6.45, 7) is 0. The Bertz CT molecular complexity index is 494. The molecule has 6 nitrogen and oxygen atoms in total. The SMILES string of the molecule is O=c1[nH]c(=O)c2nsnc2[nH]1. The molecule has 0 atom stereocenters. The molecule has 0 aliphatic rings. The number of nitrogens with one attached hydrogen (secondary N) is 2. The highest BCUT2D eigenvalue weighted by molar-refractivity contribution is 7.00. The standard InChI is InChI=1S/C4H2N4O2S/c9-3-1-2(8-11-7-1)5-4(10)6-3/h(H2,5,6,8,9,10). The van der Waals surface area contributed by atoms with Crippen molar-refractivity contribution in [2.75, 3.05) is 0 Å². The summed E-state index contributed by atoms with van der Waals surface area (Å²) in [4.78, 5) is 25.9. The van der Waals surface area contributed by atoms with Gasteiger partial charge in [0.05, 0.1) is 11.7 Å². The summed E-state index contributed by atoms with van der Waals surface area (Å²) in [5.74, 6) is 0. The number of aromatic nitrogens is 4. The van der Waals surface area contributed by atoms with Gasteiger partial charge in [-0.05, 0) is 0 Å². The van der Waals surface area contributed by atoms with Gasteiger partial charge in [-0.25, -0.2) is 4.79 Å². The molecule has 7 heteroatoms. The van der Waals surface area contributed by atoms with Gasteiger partial charge in [0.15, 0.2) is 11.2 Å². The van der Waals surface area contributed by atoms with Crippen LogP contribution in [0.5, 0.6) is 0 Å². The Kier molecular flexibility index (Phi) is 1.13. The third-order valence-electron chi connectivity index (χ3n) is 1.16. The molecule has 0 saturated carbocycles. The molecule has 2 heterocycles. The highest BCUT2D eigenvalue weighted by atomic mass is 32.1. The van der Waals surface area contributed by atoms with Gasteiger partial charge >= 0.3 is 5.69 Å². The van der Waals surface area contributed by atoms with Gasteiger partial charge in [-0.2, -0.15) is 8.75 Å². The molecule has 0 unspecified atom stereocenters. The molecule has 0 aliphatic heterocycles. The maximum absolute atomic E-state index is 10.9. The Labute approximate surface area is 63.2 Å². The molecule has 2 aromatic rings. The zero-order chi connectivity index (χ0) is 7.84. The molecule has 0 fully saturated rings. The fraction of sp³-hybridized carbons (Fsp3) is 0. The first-order chi connectivity index (χ1) is 5.27. The molecule has 0 amide bonds. The molecule has 56 valence electrons. The van der Waals surface area contributed by atoms with Crippen molar-refractivity contribution in [1.82, 2.24) is 18.7 Å². The molecular weight excluding hydrogens is 168 g/mol. The van der Waals surface area contributed by atoms with E-state index in [4.69, 9.17) is 0 Å². The van der Waals surface area contributed by atoms with E-state index >= 15 is 0 Å². The highest BCUT2D eigenvalue weighted by Crippen LogP contribution is 1.97. The van der Waals surface area contributed by atoms with Crippen molar-refractivity contribution >= 4 is 22.9 Å². The lowest BCUT2D eigenvalue weighted by Crippen LogP contribution is -2.21. The van der Waals surface area contributed by atoms with Crippen LogP contribution in [0.4, 0.5) is 0 Å². The van der Waals surface area contributed by atoms with Crippen molar-refractivity contribution in [2.24, 2.45) is 0 Å². The van der Waals surface area contributed by atoms with Crippen molar-refractivity contribution in [3.05, 3.63) is 20.8 Å². The molecular formula is C4H2N4O2S. The molecule has 0 spiro atoms. The average molecular weight is 170 g/mol. The van der Waals surface area contributed by atoms with Gasteiger partial charge in [0.1, 0.15) is 0 Å². The first-order valence-corrected chi connectivity index (χ1v) is 3.45. The summed E-state index contributed by atoms with van der Waals surface area (Å²) < 4.78 is 7.37. The predicted molar refractivity (Wildman–Crippen MR) is 38.7 cm³/mol. The second kappa shape index (κ2) is 1.99. The summed E-state index contributed by atoms with van der Waals surface area (Å²) >= 11 is 0.886. The number of rotatable bonds is 0. The van der Waals surface area contributed by atoms with Crippen LogP contribution in [0.25, 0.3) is 11.2 Å². The summed E-state index contributed by atoms with van der Waals surface area (Å²) in [7, 11) is 0. The lowest BCUT2D eigenvalue weighted by molar-refractivity contribution is 1.07. The van der Waals surface area contributed by atoms with Crippen molar-refractivity contribution in [1.29, 1.82) is 0 Å². The Morgan fingerprint density at radius 1 is 1.18 bits per heavy atom. The molecule has 11 heavy (non-hydrogen) atoms. The minimum absolute atomic E-state index is 0.176. The summed E-state index contributed by atoms with van der Waals surface area (Å²) in [5, 5.41) is 0. The van der Waals surface area contributed by atoms with Gasteiger partial charge in [-0.1, -0.05) is 0 Å². The van der Waals surface area contributed by atoms with E-state index in [9.17, 15) is 9.59 Å². The second-order valence-electron chi connectivity index (χ2n) is 1.87. The van der Waals surface area contributed by atoms with Crippen LogP contribution in [0.2, 0.25) is 0 Å². The van der Waals surface area contributed by atoms with Crippen LogP contribution in [0.15, 0.2) is 9.59 Å². The summed E-state index contributed by atoms with van der Waals surface area (Å²) in [6, 6.07) is 0. The van der Waals surface area contributed by atoms with E-state index in [0.29, 0.717) is 0 Å². The first-order valence-electron chi connectivity index (χ1n) is 2.72. The van der Waals surface area contributed by atoms with Crippen molar-refractivity contribution in [2.45, 2.75) is 0 Å². The van der Waals surface area contributed by atoms with Crippen LogP contribution < -0.4 is 11.2 Å². The maximum Gasteiger partial charge on any atom is 0.327 e. The average Bonchev–Trinajstić information content (AvgIpc) is 2.34. The Balaban J connectivity index is 3.15. The van der Waals surface area contributed by atoms with Gasteiger partial charge in [0.25, 0.3) is 5.56 Å². The van der Waals surface area contributed by atoms with E-state index in [1.165, 1.54) is 0 Å². The Morgan fingerprint density at radius 3 is 2.82 bits per heavy atom. The van der Waals surface area contributed by atoms with Crippen LogP contribution in [-0.4, -0.2) is 18.7 Å². The fourth-order valence-electron chi connectivity index (χ4n) is 0.721. The lowest BCUT2D eigenvalue weighted by Gasteiger charge is -1.81. The number of nitrogens with zero attached hydrogens (tertiary/aromatic N) is 2. The van der Waals surface area contributed by atoms with Crippen molar-refractivity contribution in [3.63, 3.8) is 0 Å². The smallest absolute Gasteiger partial charge is 0.289 e. The number of hydrogen-bond acceptors (Lipinski definition) is 5. The molecule has 0 aromatic carbocycles. The number of aromatic amines is 2. The topological polar surface area (TPSA) is 91.5 Å². The minimum atomic E-state index is -0.560. The van der Waals surface area contributed by atoms with Crippen molar-refractivity contribution in [3.8, 4) is 0 Å². The van der Waals surface area contributed by atoms with E-state index in [0.717, 1.165) is 11.7 Å². The second-order valence-corrected chi connectivity index (χ2v) is 2.40.